The Balaban J connectivity index is 3.05. The van der Waals surface area contributed by atoms with Crippen LogP contribution in [0.2, 0.25) is 0 Å². The molecule has 8 heteroatoms. The lowest BCUT2D eigenvalue weighted by molar-refractivity contribution is -0.116. The van der Waals surface area contributed by atoms with E-state index in [2.05, 4.69) is 4.74 Å². The molecule has 0 heterocycles. The first-order chi connectivity index (χ1) is 8.67. The van der Waals surface area contributed by atoms with Crippen LogP contribution >= 0.6 is 11.8 Å². The summed E-state index contributed by atoms with van der Waals surface area (Å²) in [5.41, 5.74) is -4.29. The van der Waals surface area contributed by atoms with E-state index in [-0.39, 0.29) is 12.2 Å². The Morgan fingerprint density at radius 3 is 2.47 bits per heavy atom. The maximum atomic E-state index is 12.2. The molecule has 0 N–H and O–H groups in total. The van der Waals surface area contributed by atoms with Crippen LogP contribution in [-0.4, -0.2) is 17.9 Å². The zero-order valence-electron chi connectivity index (χ0n) is 9.63. The summed E-state index contributed by atoms with van der Waals surface area (Å²) in [6.45, 7) is -1.95. The first kappa shape index (κ1) is 15.7. The number of hydrogen-bond donors (Lipinski definition) is 0. The summed E-state index contributed by atoms with van der Waals surface area (Å²) in [6.07, 6.45) is -0.0590. The van der Waals surface area contributed by atoms with Crippen LogP contribution in [0, 0.1) is 0 Å². The van der Waals surface area contributed by atoms with E-state index in [0.717, 1.165) is 12.1 Å². The normalized spacial score (nSPS) is 11.7. The number of halogens is 5. The highest BCUT2D eigenvalue weighted by Gasteiger charge is 2.31. The molecule has 0 aliphatic rings. The predicted molar refractivity (Wildman–Crippen MR) is 59.4 cm³/mol. The SMILES string of the molecule is CC(=O)Cc1ccc(SC(F)(F)F)c(OC(F)F)c1. The number of ketones is 1. The van der Waals surface area contributed by atoms with Crippen molar-refractivity contribution < 1.29 is 31.5 Å². The number of Topliss-reactive ketones (excluding diaryl/α,β-unsaturated/α-hetero) is 1. The van der Waals surface area contributed by atoms with Crippen LogP contribution < -0.4 is 4.74 Å². The van der Waals surface area contributed by atoms with Gasteiger partial charge in [-0.05, 0) is 36.4 Å². The van der Waals surface area contributed by atoms with E-state index in [1.807, 2.05) is 0 Å². The second-order valence-corrected chi connectivity index (χ2v) is 4.69. The molecule has 0 radical (unpaired) electrons. The molecule has 2 nitrogen and oxygen atoms in total. The summed E-state index contributed by atoms with van der Waals surface area (Å²) in [4.78, 5) is 10.4. The van der Waals surface area contributed by atoms with Crippen molar-refractivity contribution in [2.45, 2.75) is 30.4 Å². The van der Waals surface area contributed by atoms with E-state index in [1.54, 1.807) is 0 Å². The monoisotopic (exact) mass is 300 g/mol. The van der Waals surface area contributed by atoms with Crippen molar-refractivity contribution in [3.63, 3.8) is 0 Å². The number of ether oxygens (including phenoxy) is 1. The number of hydrogen-bond acceptors (Lipinski definition) is 3. The number of rotatable bonds is 5. The molecule has 0 atom stereocenters. The van der Waals surface area contributed by atoms with Crippen LogP contribution in [-0.2, 0) is 11.2 Å². The van der Waals surface area contributed by atoms with Crippen molar-refractivity contribution >= 4 is 17.5 Å². The molecule has 0 fully saturated rings. The number of alkyl halides is 5. The molecular weight excluding hydrogens is 291 g/mol. The molecule has 0 bridgehead atoms. The molecule has 0 unspecified atom stereocenters. The molecule has 106 valence electrons. The standard InChI is InChI=1S/C11H9F5O2S/c1-6(17)4-7-2-3-9(19-11(14,15)16)8(5-7)18-10(12)13/h2-3,5,10H,4H2,1H3. The summed E-state index contributed by atoms with van der Waals surface area (Å²) >= 11 is -0.546. The fraction of sp³-hybridized carbons (Fsp3) is 0.364. The van der Waals surface area contributed by atoms with Crippen molar-refractivity contribution in [1.82, 2.24) is 0 Å². The summed E-state index contributed by atoms with van der Waals surface area (Å²) in [7, 11) is 0. The van der Waals surface area contributed by atoms with Crippen LogP contribution in [0.4, 0.5) is 22.0 Å². The summed E-state index contributed by atoms with van der Waals surface area (Å²) in [5, 5.41) is 0. The van der Waals surface area contributed by atoms with Crippen molar-refractivity contribution in [3.8, 4) is 5.75 Å². The zero-order valence-corrected chi connectivity index (χ0v) is 10.4. The van der Waals surface area contributed by atoms with Crippen molar-refractivity contribution in [2.24, 2.45) is 0 Å². The number of thioether (sulfide) groups is 1. The quantitative estimate of drug-likeness (QED) is 0.606. The highest BCUT2D eigenvalue weighted by Crippen LogP contribution is 2.42. The van der Waals surface area contributed by atoms with Gasteiger partial charge in [-0.3, -0.25) is 4.79 Å². The molecule has 0 aliphatic heterocycles. The summed E-state index contributed by atoms with van der Waals surface area (Å²) in [5.74, 6) is -0.824. The Kier molecular flexibility index (Phi) is 5.16. The first-order valence-corrected chi connectivity index (χ1v) is 5.82. The lowest BCUT2D eigenvalue weighted by atomic mass is 10.1. The molecule has 0 aliphatic carbocycles. The van der Waals surface area contributed by atoms with E-state index >= 15 is 0 Å². The van der Waals surface area contributed by atoms with Gasteiger partial charge in [0.1, 0.15) is 11.5 Å². The van der Waals surface area contributed by atoms with E-state index in [1.165, 1.54) is 13.0 Å². The van der Waals surface area contributed by atoms with Gasteiger partial charge in [-0.15, -0.1) is 0 Å². The molecule has 0 spiro atoms. The van der Waals surface area contributed by atoms with Crippen LogP contribution in [0.15, 0.2) is 23.1 Å². The van der Waals surface area contributed by atoms with Crippen LogP contribution in [0.5, 0.6) is 5.75 Å². The van der Waals surface area contributed by atoms with E-state index in [0.29, 0.717) is 5.56 Å². The number of carbonyl (C=O) groups is 1. The predicted octanol–water partition coefficient (Wildman–Crippen LogP) is 4.03. The molecule has 0 aromatic heterocycles. The Bertz CT molecular complexity index is 459. The van der Waals surface area contributed by atoms with E-state index in [9.17, 15) is 26.7 Å². The summed E-state index contributed by atoms with van der Waals surface area (Å²) < 4.78 is 65.0. The van der Waals surface area contributed by atoms with Gasteiger partial charge in [0, 0.05) is 6.42 Å². The molecule has 0 amide bonds. The molecule has 1 aromatic rings. The third kappa shape index (κ3) is 5.91. The highest BCUT2D eigenvalue weighted by molar-refractivity contribution is 8.00. The van der Waals surface area contributed by atoms with Crippen molar-refractivity contribution in [2.75, 3.05) is 0 Å². The molecule has 0 saturated heterocycles. The third-order valence-electron chi connectivity index (χ3n) is 1.90. The fourth-order valence-corrected chi connectivity index (χ4v) is 1.94. The summed E-state index contributed by atoms with van der Waals surface area (Å²) in [6, 6.07) is 3.30. The van der Waals surface area contributed by atoms with Gasteiger partial charge in [-0.25, -0.2) is 0 Å². The van der Waals surface area contributed by atoms with E-state index in [4.69, 9.17) is 0 Å². The molecule has 0 saturated carbocycles. The van der Waals surface area contributed by atoms with Crippen LogP contribution in [0.1, 0.15) is 12.5 Å². The minimum Gasteiger partial charge on any atom is -0.434 e. The Labute approximate surface area is 109 Å². The average molecular weight is 300 g/mol. The maximum Gasteiger partial charge on any atom is 0.446 e. The number of benzene rings is 1. The Hall–Kier alpha value is -1.31. The van der Waals surface area contributed by atoms with Gasteiger partial charge in [0.05, 0.1) is 4.90 Å². The van der Waals surface area contributed by atoms with E-state index < -0.39 is 34.5 Å². The largest absolute Gasteiger partial charge is 0.446 e. The lowest BCUT2D eigenvalue weighted by Crippen LogP contribution is -2.06. The zero-order chi connectivity index (χ0) is 14.6. The Morgan fingerprint density at radius 1 is 1.37 bits per heavy atom. The molecule has 1 aromatic carbocycles. The number of carbonyl (C=O) groups excluding carboxylic acids is 1. The maximum absolute atomic E-state index is 12.2. The molecule has 19 heavy (non-hydrogen) atoms. The lowest BCUT2D eigenvalue weighted by Gasteiger charge is -2.13. The van der Waals surface area contributed by atoms with Crippen LogP contribution in [0.3, 0.4) is 0 Å². The van der Waals surface area contributed by atoms with Gasteiger partial charge < -0.3 is 4.74 Å². The van der Waals surface area contributed by atoms with Gasteiger partial charge in [-0.1, -0.05) is 6.07 Å². The van der Waals surface area contributed by atoms with Gasteiger partial charge in [0.15, 0.2) is 0 Å². The average Bonchev–Trinajstić information content (AvgIpc) is 2.18. The fourth-order valence-electron chi connectivity index (χ4n) is 1.35. The molecule has 1 rings (SSSR count). The minimum absolute atomic E-state index is 0.0590. The van der Waals surface area contributed by atoms with Gasteiger partial charge in [0.25, 0.3) is 0 Å². The van der Waals surface area contributed by atoms with Crippen molar-refractivity contribution in [1.29, 1.82) is 0 Å². The third-order valence-corrected chi connectivity index (χ3v) is 2.69. The second kappa shape index (κ2) is 6.23. The van der Waals surface area contributed by atoms with Gasteiger partial charge in [-0.2, -0.15) is 22.0 Å². The topological polar surface area (TPSA) is 26.3 Å². The first-order valence-electron chi connectivity index (χ1n) is 5.00. The molecular formula is C11H9F5O2S. The van der Waals surface area contributed by atoms with Crippen molar-refractivity contribution in [3.05, 3.63) is 23.8 Å². The Morgan fingerprint density at radius 2 is 2.00 bits per heavy atom. The van der Waals surface area contributed by atoms with Gasteiger partial charge >= 0.3 is 12.1 Å². The van der Waals surface area contributed by atoms with Crippen LogP contribution in [0.25, 0.3) is 0 Å². The smallest absolute Gasteiger partial charge is 0.434 e. The second-order valence-electron chi connectivity index (χ2n) is 3.59. The minimum atomic E-state index is -4.61. The highest BCUT2D eigenvalue weighted by atomic mass is 32.2. The van der Waals surface area contributed by atoms with Gasteiger partial charge in [0.2, 0.25) is 0 Å².